The highest BCUT2D eigenvalue weighted by atomic mass is 32.1. The van der Waals surface area contributed by atoms with Gasteiger partial charge in [0, 0.05) is 12.1 Å². The van der Waals surface area contributed by atoms with E-state index in [0.29, 0.717) is 11.8 Å². The number of hydrogen-bond acceptors (Lipinski definition) is 4. The first-order chi connectivity index (χ1) is 10.1. The molecule has 1 heterocycles. The lowest BCUT2D eigenvalue weighted by Crippen LogP contribution is -2.18. The van der Waals surface area contributed by atoms with Crippen LogP contribution in [0.25, 0.3) is 11.3 Å². The van der Waals surface area contributed by atoms with Crippen molar-refractivity contribution in [1.82, 2.24) is 14.9 Å². The summed E-state index contributed by atoms with van der Waals surface area (Å²) in [6.07, 6.45) is 1.12. The predicted molar refractivity (Wildman–Crippen MR) is 90.4 cm³/mol. The van der Waals surface area contributed by atoms with Gasteiger partial charge in [-0.05, 0) is 41.9 Å². The average Bonchev–Trinajstić information content (AvgIpc) is 2.87. The molecule has 2 rings (SSSR count). The molecule has 1 aromatic carbocycles. The van der Waals surface area contributed by atoms with Gasteiger partial charge in [0.25, 0.3) is 0 Å². The Labute approximate surface area is 132 Å². The lowest BCUT2D eigenvalue weighted by Gasteiger charge is -2.08. The highest BCUT2D eigenvalue weighted by molar-refractivity contribution is 7.05. The summed E-state index contributed by atoms with van der Waals surface area (Å²) in [6.45, 7) is 10.8. The van der Waals surface area contributed by atoms with Crippen LogP contribution < -0.4 is 5.32 Å². The fourth-order valence-corrected chi connectivity index (χ4v) is 2.92. The lowest BCUT2D eigenvalue weighted by molar-refractivity contribution is 0.555. The zero-order chi connectivity index (χ0) is 15.2. The molecule has 0 aliphatic carbocycles. The smallest absolute Gasteiger partial charge is 0.110 e. The lowest BCUT2D eigenvalue weighted by atomic mass is 10.0. The van der Waals surface area contributed by atoms with Crippen LogP contribution in [0.1, 0.15) is 38.1 Å². The first-order valence-corrected chi connectivity index (χ1v) is 8.45. The van der Waals surface area contributed by atoms with Gasteiger partial charge in [-0.25, -0.2) is 0 Å². The highest BCUT2D eigenvalue weighted by Crippen LogP contribution is 2.24. The Kier molecular flexibility index (Phi) is 5.88. The molecule has 0 radical (unpaired) electrons. The molecule has 4 heteroatoms. The van der Waals surface area contributed by atoms with Gasteiger partial charge in [0.1, 0.15) is 5.69 Å². The summed E-state index contributed by atoms with van der Waals surface area (Å²) in [5.41, 5.74) is 3.57. The van der Waals surface area contributed by atoms with Crippen molar-refractivity contribution in [1.29, 1.82) is 0 Å². The summed E-state index contributed by atoms with van der Waals surface area (Å²) < 4.78 is 4.12. The Morgan fingerprint density at radius 2 is 1.76 bits per heavy atom. The van der Waals surface area contributed by atoms with E-state index in [4.69, 9.17) is 0 Å². The van der Waals surface area contributed by atoms with Crippen LogP contribution in [0.15, 0.2) is 24.3 Å². The second-order valence-corrected chi connectivity index (χ2v) is 7.20. The molecule has 0 saturated heterocycles. The Morgan fingerprint density at radius 1 is 1.05 bits per heavy atom. The summed E-state index contributed by atoms with van der Waals surface area (Å²) in [5, 5.41) is 7.77. The number of rotatable bonds is 7. The van der Waals surface area contributed by atoms with Gasteiger partial charge in [-0.1, -0.05) is 56.4 Å². The molecule has 0 bridgehead atoms. The van der Waals surface area contributed by atoms with E-state index in [0.717, 1.165) is 30.8 Å². The highest BCUT2D eigenvalue weighted by Gasteiger charge is 2.10. The third-order valence-corrected chi connectivity index (χ3v) is 3.99. The summed E-state index contributed by atoms with van der Waals surface area (Å²) >= 11 is 1.49. The predicted octanol–water partition coefficient (Wildman–Crippen LogP) is 4.15. The van der Waals surface area contributed by atoms with Crippen molar-refractivity contribution in [2.45, 2.75) is 40.7 Å². The van der Waals surface area contributed by atoms with Crippen molar-refractivity contribution < 1.29 is 0 Å². The second kappa shape index (κ2) is 7.66. The van der Waals surface area contributed by atoms with Crippen molar-refractivity contribution in [2.75, 3.05) is 6.54 Å². The average molecular weight is 303 g/mol. The summed E-state index contributed by atoms with van der Waals surface area (Å²) in [7, 11) is 0. The number of aromatic nitrogens is 2. The van der Waals surface area contributed by atoms with Crippen LogP contribution in [-0.2, 0) is 13.0 Å². The molecule has 0 spiro atoms. The van der Waals surface area contributed by atoms with Crippen molar-refractivity contribution in [3.05, 3.63) is 34.7 Å². The van der Waals surface area contributed by atoms with E-state index in [2.05, 4.69) is 66.9 Å². The van der Waals surface area contributed by atoms with Gasteiger partial charge in [-0.3, -0.25) is 0 Å². The molecule has 0 saturated carbocycles. The van der Waals surface area contributed by atoms with Crippen LogP contribution in [0, 0.1) is 11.8 Å². The largest absolute Gasteiger partial charge is 0.311 e. The molecule has 2 aromatic rings. The van der Waals surface area contributed by atoms with Gasteiger partial charge in [0.05, 0.1) is 4.88 Å². The third kappa shape index (κ3) is 4.90. The van der Waals surface area contributed by atoms with E-state index in [-0.39, 0.29) is 0 Å². The van der Waals surface area contributed by atoms with Crippen LogP contribution in [0.2, 0.25) is 0 Å². The molecule has 1 aromatic heterocycles. The van der Waals surface area contributed by atoms with E-state index in [1.807, 2.05) is 0 Å². The van der Waals surface area contributed by atoms with E-state index >= 15 is 0 Å². The number of nitrogens with zero attached hydrogens (tertiary/aromatic N) is 2. The molecule has 0 aliphatic rings. The van der Waals surface area contributed by atoms with Crippen molar-refractivity contribution >= 4 is 11.5 Å². The minimum absolute atomic E-state index is 0.657. The van der Waals surface area contributed by atoms with Gasteiger partial charge >= 0.3 is 0 Å². The number of nitrogens with one attached hydrogen (secondary N) is 1. The SMILES string of the molecule is CC(C)CNCc1snnc1-c1ccc(CC(C)C)cc1. The monoisotopic (exact) mass is 303 g/mol. The summed E-state index contributed by atoms with van der Waals surface area (Å²) in [5.74, 6) is 1.34. The molecule has 0 atom stereocenters. The maximum absolute atomic E-state index is 4.30. The van der Waals surface area contributed by atoms with Gasteiger partial charge in [0.15, 0.2) is 0 Å². The van der Waals surface area contributed by atoms with Crippen LogP contribution in [0.4, 0.5) is 0 Å². The molecule has 1 N–H and O–H groups in total. The third-order valence-electron chi connectivity index (χ3n) is 3.27. The van der Waals surface area contributed by atoms with Gasteiger partial charge in [0.2, 0.25) is 0 Å². The van der Waals surface area contributed by atoms with Crippen LogP contribution >= 0.6 is 11.5 Å². The molecule has 0 aliphatic heterocycles. The van der Waals surface area contributed by atoms with Crippen molar-refractivity contribution in [3.63, 3.8) is 0 Å². The first kappa shape index (κ1) is 16.1. The minimum Gasteiger partial charge on any atom is -0.311 e. The first-order valence-electron chi connectivity index (χ1n) is 7.67. The molecular weight excluding hydrogens is 278 g/mol. The molecule has 21 heavy (non-hydrogen) atoms. The normalized spacial score (nSPS) is 11.5. The fraction of sp³-hybridized carbons (Fsp3) is 0.529. The number of hydrogen-bond donors (Lipinski definition) is 1. The van der Waals surface area contributed by atoms with E-state index in [1.54, 1.807) is 0 Å². The summed E-state index contributed by atoms with van der Waals surface area (Å²) in [4.78, 5) is 1.22. The van der Waals surface area contributed by atoms with Gasteiger partial charge in [-0.2, -0.15) is 0 Å². The Hall–Kier alpha value is -1.26. The molecular formula is C17H25N3S. The molecule has 3 nitrogen and oxygen atoms in total. The molecule has 0 fully saturated rings. The summed E-state index contributed by atoms with van der Waals surface area (Å²) in [6, 6.07) is 8.75. The fourth-order valence-electron chi connectivity index (χ4n) is 2.29. The van der Waals surface area contributed by atoms with E-state index in [9.17, 15) is 0 Å². The zero-order valence-electron chi connectivity index (χ0n) is 13.4. The van der Waals surface area contributed by atoms with Crippen molar-refractivity contribution in [3.8, 4) is 11.3 Å². The van der Waals surface area contributed by atoms with Gasteiger partial charge in [-0.15, -0.1) is 5.10 Å². The van der Waals surface area contributed by atoms with Crippen molar-refractivity contribution in [2.24, 2.45) is 11.8 Å². The van der Waals surface area contributed by atoms with Crippen LogP contribution in [-0.4, -0.2) is 16.1 Å². The minimum atomic E-state index is 0.657. The Bertz CT molecular complexity index is 543. The maximum atomic E-state index is 4.30. The Morgan fingerprint density at radius 3 is 2.38 bits per heavy atom. The molecule has 114 valence electrons. The topological polar surface area (TPSA) is 37.8 Å². The Balaban J connectivity index is 2.06. The van der Waals surface area contributed by atoms with Crippen LogP contribution in [0.3, 0.4) is 0 Å². The second-order valence-electron chi connectivity index (χ2n) is 6.36. The standard InChI is InChI=1S/C17H25N3S/c1-12(2)9-14-5-7-15(8-6-14)17-16(21-20-19-17)11-18-10-13(3)4/h5-8,12-13,18H,9-11H2,1-4H3. The zero-order valence-corrected chi connectivity index (χ0v) is 14.2. The maximum Gasteiger partial charge on any atom is 0.110 e. The van der Waals surface area contributed by atoms with Crippen LogP contribution in [0.5, 0.6) is 0 Å². The van der Waals surface area contributed by atoms with Gasteiger partial charge < -0.3 is 5.32 Å². The molecule has 0 unspecified atom stereocenters. The number of benzene rings is 1. The van der Waals surface area contributed by atoms with E-state index in [1.165, 1.54) is 22.0 Å². The van der Waals surface area contributed by atoms with E-state index < -0.39 is 0 Å². The molecule has 0 amide bonds. The quantitative estimate of drug-likeness (QED) is 0.835.